The summed E-state index contributed by atoms with van der Waals surface area (Å²) in [4.78, 5) is 11.7. The van der Waals surface area contributed by atoms with E-state index in [2.05, 4.69) is 10.6 Å². The smallest absolute Gasteiger partial charge is 0.226 e. The van der Waals surface area contributed by atoms with Crippen LogP contribution in [-0.2, 0) is 4.79 Å². The largest absolute Gasteiger partial charge is 0.385 e. The first kappa shape index (κ1) is 13.4. The fourth-order valence-electron chi connectivity index (χ4n) is 1.67. The van der Waals surface area contributed by atoms with Crippen LogP contribution in [0.4, 0.5) is 11.4 Å². The summed E-state index contributed by atoms with van der Waals surface area (Å²) in [5, 5.41) is 6.60. The molecule has 0 saturated carbocycles. The van der Waals surface area contributed by atoms with Crippen LogP contribution in [0, 0.1) is 0 Å². The van der Waals surface area contributed by atoms with Gasteiger partial charge in [0.15, 0.2) is 0 Å². The molecule has 0 fully saturated rings. The van der Waals surface area contributed by atoms with Gasteiger partial charge in [0, 0.05) is 29.4 Å². The van der Waals surface area contributed by atoms with Gasteiger partial charge in [-0.1, -0.05) is 35.9 Å². The lowest BCUT2D eigenvalue weighted by Crippen LogP contribution is -2.16. The molecular formula is C15H15ClN2O. The summed E-state index contributed by atoms with van der Waals surface area (Å²) >= 11 is 5.85. The van der Waals surface area contributed by atoms with E-state index in [-0.39, 0.29) is 5.91 Å². The lowest BCUT2D eigenvalue weighted by atomic mass is 10.3. The van der Waals surface area contributed by atoms with Gasteiger partial charge >= 0.3 is 0 Å². The summed E-state index contributed by atoms with van der Waals surface area (Å²) in [5.74, 6) is -0.0364. The molecule has 0 atom stereocenters. The van der Waals surface area contributed by atoms with Crippen LogP contribution in [-0.4, -0.2) is 12.5 Å². The molecule has 0 spiro atoms. The minimum Gasteiger partial charge on any atom is -0.385 e. The monoisotopic (exact) mass is 274 g/mol. The van der Waals surface area contributed by atoms with Crippen molar-refractivity contribution in [2.24, 2.45) is 0 Å². The van der Waals surface area contributed by atoms with Crippen LogP contribution in [0.15, 0.2) is 54.6 Å². The quantitative estimate of drug-likeness (QED) is 0.871. The maximum absolute atomic E-state index is 11.7. The number of anilines is 2. The topological polar surface area (TPSA) is 41.1 Å². The molecule has 0 bridgehead atoms. The van der Waals surface area contributed by atoms with Gasteiger partial charge in [0.05, 0.1) is 0 Å². The normalized spacial score (nSPS) is 9.95. The standard InChI is InChI=1S/C15H15ClN2O/c16-12-5-4-8-14(11-12)18-15(19)9-10-17-13-6-2-1-3-7-13/h1-8,11,17H,9-10H2,(H,18,19). The van der Waals surface area contributed by atoms with Gasteiger partial charge in [0.25, 0.3) is 0 Å². The van der Waals surface area contributed by atoms with Crippen molar-refractivity contribution in [3.05, 3.63) is 59.6 Å². The summed E-state index contributed by atoms with van der Waals surface area (Å²) in [5.41, 5.74) is 1.73. The molecule has 4 heteroatoms. The number of carbonyl (C=O) groups excluding carboxylic acids is 1. The molecule has 0 saturated heterocycles. The molecule has 0 radical (unpaired) electrons. The lowest BCUT2D eigenvalue weighted by Gasteiger charge is -2.07. The van der Waals surface area contributed by atoms with Crippen LogP contribution < -0.4 is 10.6 Å². The Kier molecular flexibility index (Phi) is 4.81. The fraction of sp³-hybridized carbons (Fsp3) is 0.133. The van der Waals surface area contributed by atoms with E-state index < -0.39 is 0 Å². The Bertz CT molecular complexity index is 543. The maximum Gasteiger partial charge on any atom is 0.226 e. The highest BCUT2D eigenvalue weighted by molar-refractivity contribution is 6.30. The van der Waals surface area contributed by atoms with Crippen molar-refractivity contribution in [1.29, 1.82) is 0 Å². The number of rotatable bonds is 5. The Balaban J connectivity index is 1.76. The molecule has 0 aliphatic rings. The number of halogens is 1. The van der Waals surface area contributed by atoms with Crippen molar-refractivity contribution < 1.29 is 4.79 Å². The summed E-state index contributed by atoms with van der Waals surface area (Å²) in [7, 11) is 0. The van der Waals surface area contributed by atoms with Gasteiger partial charge in [-0.2, -0.15) is 0 Å². The van der Waals surface area contributed by atoms with E-state index in [9.17, 15) is 4.79 Å². The van der Waals surface area contributed by atoms with E-state index >= 15 is 0 Å². The van der Waals surface area contributed by atoms with Gasteiger partial charge in [-0.25, -0.2) is 0 Å². The zero-order chi connectivity index (χ0) is 13.5. The summed E-state index contributed by atoms with van der Waals surface area (Å²) in [6.45, 7) is 0.594. The van der Waals surface area contributed by atoms with Crippen LogP contribution in [0.3, 0.4) is 0 Å². The predicted molar refractivity (Wildman–Crippen MR) is 79.6 cm³/mol. The van der Waals surface area contributed by atoms with Gasteiger partial charge in [-0.05, 0) is 30.3 Å². The third kappa shape index (κ3) is 4.64. The van der Waals surface area contributed by atoms with Crippen LogP contribution in [0.2, 0.25) is 5.02 Å². The predicted octanol–water partition coefficient (Wildman–Crippen LogP) is 3.78. The van der Waals surface area contributed by atoms with E-state index in [4.69, 9.17) is 11.6 Å². The van der Waals surface area contributed by atoms with E-state index in [1.165, 1.54) is 0 Å². The van der Waals surface area contributed by atoms with E-state index in [1.54, 1.807) is 18.2 Å². The SMILES string of the molecule is O=C(CCNc1ccccc1)Nc1cccc(Cl)c1. The zero-order valence-corrected chi connectivity index (χ0v) is 11.2. The average molecular weight is 275 g/mol. The third-order valence-electron chi connectivity index (χ3n) is 2.56. The lowest BCUT2D eigenvalue weighted by molar-refractivity contribution is -0.115. The maximum atomic E-state index is 11.7. The number of nitrogens with one attached hydrogen (secondary N) is 2. The first-order chi connectivity index (χ1) is 9.24. The number of carbonyl (C=O) groups is 1. The molecule has 2 rings (SSSR count). The number of hydrogen-bond donors (Lipinski definition) is 2. The molecule has 2 aromatic rings. The first-order valence-electron chi connectivity index (χ1n) is 6.08. The Hall–Kier alpha value is -2.00. The number of hydrogen-bond acceptors (Lipinski definition) is 2. The summed E-state index contributed by atoms with van der Waals surface area (Å²) in [6.07, 6.45) is 0.404. The van der Waals surface area contributed by atoms with Crippen molar-refractivity contribution in [3.63, 3.8) is 0 Å². The molecular weight excluding hydrogens is 260 g/mol. The highest BCUT2D eigenvalue weighted by atomic mass is 35.5. The van der Waals surface area contributed by atoms with Crippen molar-refractivity contribution in [3.8, 4) is 0 Å². The second kappa shape index (κ2) is 6.81. The Morgan fingerprint density at radius 2 is 1.74 bits per heavy atom. The van der Waals surface area contributed by atoms with Crippen molar-refractivity contribution in [2.75, 3.05) is 17.2 Å². The molecule has 98 valence electrons. The molecule has 2 aromatic carbocycles. The minimum atomic E-state index is -0.0364. The van der Waals surface area contributed by atoms with Crippen LogP contribution >= 0.6 is 11.6 Å². The Morgan fingerprint density at radius 1 is 1.00 bits per heavy atom. The molecule has 19 heavy (non-hydrogen) atoms. The molecule has 0 aromatic heterocycles. The van der Waals surface area contributed by atoms with Crippen molar-refractivity contribution in [1.82, 2.24) is 0 Å². The van der Waals surface area contributed by atoms with Gasteiger partial charge < -0.3 is 10.6 Å². The molecule has 0 aliphatic carbocycles. The molecule has 0 heterocycles. The summed E-state index contributed by atoms with van der Waals surface area (Å²) < 4.78 is 0. The van der Waals surface area contributed by atoms with Crippen LogP contribution in [0.1, 0.15) is 6.42 Å². The highest BCUT2D eigenvalue weighted by Crippen LogP contribution is 2.15. The molecule has 1 amide bonds. The van der Waals surface area contributed by atoms with E-state index in [1.807, 2.05) is 36.4 Å². The van der Waals surface area contributed by atoms with Gasteiger partial charge in [0.1, 0.15) is 0 Å². The molecule has 3 nitrogen and oxygen atoms in total. The van der Waals surface area contributed by atoms with E-state index in [0.29, 0.717) is 18.0 Å². The molecule has 0 unspecified atom stereocenters. The average Bonchev–Trinajstić information content (AvgIpc) is 2.40. The molecule has 2 N–H and O–H groups in total. The second-order valence-electron chi connectivity index (χ2n) is 4.10. The Morgan fingerprint density at radius 3 is 2.47 bits per heavy atom. The zero-order valence-electron chi connectivity index (χ0n) is 10.4. The van der Waals surface area contributed by atoms with Crippen LogP contribution in [0.25, 0.3) is 0 Å². The summed E-state index contributed by atoms with van der Waals surface area (Å²) in [6, 6.07) is 16.9. The number of para-hydroxylation sites is 1. The van der Waals surface area contributed by atoms with Crippen molar-refractivity contribution >= 4 is 28.9 Å². The van der Waals surface area contributed by atoms with Gasteiger partial charge in [0.2, 0.25) is 5.91 Å². The van der Waals surface area contributed by atoms with E-state index in [0.717, 1.165) is 11.4 Å². The van der Waals surface area contributed by atoms with Crippen molar-refractivity contribution in [2.45, 2.75) is 6.42 Å². The minimum absolute atomic E-state index is 0.0364. The molecule has 0 aliphatic heterocycles. The Labute approximate surface area is 117 Å². The highest BCUT2D eigenvalue weighted by Gasteiger charge is 2.02. The fourth-order valence-corrected chi connectivity index (χ4v) is 1.86. The van der Waals surface area contributed by atoms with Crippen LogP contribution in [0.5, 0.6) is 0 Å². The first-order valence-corrected chi connectivity index (χ1v) is 6.46. The second-order valence-corrected chi connectivity index (χ2v) is 4.54. The van der Waals surface area contributed by atoms with Gasteiger partial charge in [-0.3, -0.25) is 4.79 Å². The third-order valence-corrected chi connectivity index (χ3v) is 2.80. The van der Waals surface area contributed by atoms with Gasteiger partial charge in [-0.15, -0.1) is 0 Å². The number of amides is 1. The number of benzene rings is 2.